The molecule has 15 heavy (non-hydrogen) atoms. The van der Waals surface area contributed by atoms with Crippen LogP contribution in [-0.2, 0) is 9.53 Å². The summed E-state index contributed by atoms with van der Waals surface area (Å²) in [5.41, 5.74) is 6.78. The van der Waals surface area contributed by atoms with Crippen LogP contribution < -0.4 is 5.73 Å². The lowest BCUT2D eigenvalue weighted by atomic mass is 10.1. The van der Waals surface area contributed by atoms with E-state index < -0.39 is 0 Å². The standard InChI is InChI=1S/C12H15NO2/c1-15-12(14)9-11(13)8-7-10-5-3-2-4-6-10/h2-8,11H,9,13H2,1H3/t11-/m0/s1. The maximum Gasteiger partial charge on any atom is 0.307 e. The van der Waals surface area contributed by atoms with E-state index in [9.17, 15) is 4.79 Å². The van der Waals surface area contributed by atoms with Crippen LogP contribution in [0.1, 0.15) is 12.0 Å². The Morgan fingerprint density at radius 1 is 1.47 bits per heavy atom. The van der Waals surface area contributed by atoms with Crippen LogP contribution in [0.2, 0.25) is 0 Å². The van der Waals surface area contributed by atoms with Gasteiger partial charge in [0.2, 0.25) is 0 Å². The summed E-state index contributed by atoms with van der Waals surface area (Å²) in [6, 6.07) is 9.50. The molecule has 0 saturated carbocycles. The molecule has 0 radical (unpaired) electrons. The Labute approximate surface area is 89.5 Å². The molecule has 0 fully saturated rings. The van der Waals surface area contributed by atoms with Gasteiger partial charge in [0.1, 0.15) is 0 Å². The molecule has 1 aromatic carbocycles. The first-order valence-corrected chi connectivity index (χ1v) is 4.78. The van der Waals surface area contributed by atoms with Crippen LogP contribution in [0, 0.1) is 0 Å². The van der Waals surface area contributed by atoms with E-state index >= 15 is 0 Å². The number of benzene rings is 1. The summed E-state index contributed by atoms with van der Waals surface area (Å²) in [6.07, 6.45) is 3.90. The SMILES string of the molecule is COC(=O)C[C@@H](N)C=Cc1ccccc1. The van der Waals surface area contributed by atoms with Crippen molar-refractivity contribution in [3.63, 3.8) is 0 Å². The number of nitrogens with two attached hydrogens (primary N) is 1. The smallest absolute Gasteiger partial charge is 0.307 e. The average Bonchev–Trinajstić information content (AvgIpc) is 2.27. The van der Waals surface area contributed by atoms with Crippen LogP contribution in [0.25, 0.3) is 6.08 Å². The van der Waals surface area contributed by atoms with Gasteiger partial charge in [0.15, 0.2) is 0 Å². The van der Waals surface area contributed by atoms with Gasteiger partial charge in [0.25, 0.3) is 0 Å². The van der Waals surface area contributed by atoms with Gasteiger partial charge in [-0.2, -0.15) is 0 Å². The molecule has 3 heteroatoms. The molecule has 0 amide bonds. The summed E-state index contributed by atoms with van der Waals surface area (Å²) in [5.74, 6) is -0.291. The Kier molecular flexibility index (Phi) is 4.57. The predicted molar refractivity (Wildman–Crippen MR) is 60.1 cm³/mol. The van der Waals surface area contributed by atoms with Crippen molar-refractivity contribution >= 4 is 12.0 Å². The first-order valence-electron chi connectivity index (χ1n) is 4.78. The second kappa shape index (κ2) is 5.98. The zero-order valence-corrected chi connectivity index (χ0v) is 8.72. The topological polar surface area (TPSA) is 52.3 Å². The third kappa shape index (κ3) is 4.42. The number of esters is 1. The molecule has 3 nitrogen and oxygen atoms in total. The van der Waals surface area contributed by atoms with E-state index in [2.05, 4.69) is 4.74 Å². The fourth-order valence-electron chi connectivity index (χ4n) is 1.14. The Bertz CT molecular complexity index is 333. The Balaban J connectivity index is 2.47. The van der Waals surface area contributed by atoms with Crippen molar-refractivity contribution in [1.82, 2.24) is 0 Å². The molecule has 0 aliphatic heterocycles. The average molecular weight is 205 g/mol. The number of carbonyl (C=O) groups is 1. The van der Waals surface area contributed by atoms with E-state index in [-0.39, 0.29) is 18.4 Å². The molecule has 0 heterocycles. The third-order valence-corrected chi connectivity index (χ3v) is 1.97. The normalized spacial score (nSPS) is 12.7. The minimum Gasteiger partial charge on any atom is -0.469 e. The Morgan fingerprint density at radius 3 is 2.73 bits per heavy atom. The highest BCUT2D eigenvalue weighted by Crippen LogP contribution is 2.02. The maximum atomic E-state index is 10.9. The van der Waals surface area contributed by atoms with Gasteiger partial charge in [-0.1, -0.05) is 42.5 Å². The molecule has 0 unspecified atom stereocenters. The summed E-state index contributed by atoms with van der Waals surface area (Å²) in [7, 11) is 1.36. The lowest BCUT2D eigenvalue weighted by Crippen LogP contribution is -2.21. The van der Waals surface area contributed by atoms with Crippen molar-refractivity contribution in [1.29, 1.82) is 0 Å². The number of carbonyl (C=O) groups excluding carboxylic acids is 1. The second-order valence-electron chi connectivity index (χ2n) is 3.21. The van der Waals surface area contributed by atoms with E-state index in [1.54, 1.807) is 6.08 Å². The zero-order chi connectivity index (χ0) is 11.1. The van der Waals surface area contributed by atoms with Gasteiger partial charge in [-0.3, -0.25) is 4.79 Å². The number of ether oxygens (including phenoxy) is 1. The van der Waals surface area contributed by atoms with Crippen LogP contribution in [0.5, 0.6) is 0 Å². The van der Waals surface area contributed by atoms with Gasteiger partial charge in [-0.05, 0) is 5.56 Å². The Hall–Kier alpha value is -1.61. The fourth-order valence-corrected chi connectivity index (χ4v) is 1.14. The minimum absolute atomic E-state index is 0.208. The summed E-state index contributed by atoms with van der Waals surface area (Å²) < 4.78 is 4.52. The van der Waals surface area contributed by atoms with Gasteiger partial charge >= 0.3 is 5.97 Å². The van der Waals surface area contributed by atoms with E-state index in [1.807, 2.05) is 36.4 Å². The molecule has 0 spiro atoms. The number of methoxy groups -OCH3 is 1. The van der Waals surface area contributed by atoms with Crippen LogP contribution in [0.15, 0.2) is 36.4 Å². The quantitative estimate of drug-likeness (QED) is 0.759. The van der Waals surface area contributed by atoms with Crippen LogP contribution in [0.3, 0.4) is 0 Å². The zero-order valence-electron chi connectivity index (χ0n) is 8.72. The van der Waals surface area contributed by atoms with Crippen LogP contribution >= 0.6 is 0 Å². The highest BCUT2D eigenvalue weighted by molar-refractivity contribution is 5.70. The lowest BCUT2D eigenvalue weighted by Gasteiger charge is -2.03. The molecule has 1 aromatic rings. The molecular weight excluding hydrogens is 190 g/mol. The molecule has 2 N–H and O–H groups in total. The number of rotatable bonds is 4. The van der Waals surface area contributed by atoms with Crippen LogP contribution in [0.4, 0.5) is 0 Å². The molecule has 0 aliphatic carbocycles. The predicted octanol–water partition coefficient (Wildman–Crippen LogP) is 1.59. The van der Waals surface area contributed by atoms with Crippen molar-refractivity contribution < 1.29 is 9.53 Å². The molecular formula is C12H15NO2. The van der Waals surface area contributed by atoms with Gasteiger partial charge < -0.3 is 10.5 Å². The highest BCUT2D eigenvalue weighted by Gasteiger charge is 2.05. The van der Waals surface area contributed by atoms with Crippen LogP contribution in [-0.4, -0.2) is 19.1 Å². The van der Waals surface area contributed by atoms with Gasteiger partial charge in [-0.15, -0.1) is 0 Å². The summed E-state index contributed by atoms with van der Waals surface area (Å²) in [5, 5.41) is 0. The monoisotopic (exact) mass is 205 g/mol. The second-order valence-corrected chi connectivity index (χ2v) is 3.21. The van der Waals surface area contributed by atoms with E-state index in [1.165, 1.54) is 7.11 Å². The number of hydrogen-bond acceptors (Lipinski definition) is 3. The maximum absolute atomic E-state index is 10.9. The van der Waals surface area contributed by atoms with Crippen molar-refractivity contribution in [2.75, 3.05) is 7.11 Å². The third-order valence-electron chi connectivity index (χ3n) is 1.97. The minimum atomic E-state index is -0.294. The molecule has 80 valence electrons. The molecule has 0 bridgehead atoms. The van der Waals surface area contributed by atoms with Gasteiger partial charge in [-0.25, -0.2) is 0 Å². The molecule has 0 aromatic heterocycles. The summed E-state index contributed by atoms with van der Waals surface area (Å²) >= 11 is 0. The lowest BCUT2D eigenvalue weighted by molar-refractivity contribution is -0.140. The van der Waals surface area contributed by atoms with E-state index in [4.69, 9.17) is 5.73 Å². The number of hydrogen-bond donors (Lipinski definition) is 1. The van der Waals surface area contributed by atoms with Crippen molar-refractivity contribution in [2.24, 2.45) is 5.73 Å². The van der Waals surface area contributed by atoms with Gasteiger partial charge in [0.05, 0.1) is 13.5 Å². The molecule has 1 rings (SSSR count). The summed E-state index contributed by atoms with van der Waals surface area (Å²) in [4.78, 5) is 10.9. The summed E-state index contributed by atoms with van der Waals surface area (Å²) in [6.45, 7) is 0. The van der Waals surface area contributed by atoms with Gasteiger partial charge in [0, 0.05) is 6.04 Å². The van der Waals surface area contributed by atoms with Crippen molar-refractivity contribution in [3.05, 3.63) is 42.0 Å². The van der Waals surface area contributed by atoms with E-state index in [0.717, 1.165) is 5.56 Å². The first kappa shape index (κ1) is 11.5. The van der Waals surface area contributed by atoms with Crippen molar-refractivity contribution in [3.8, 4) is 0 Å². The van der Waals surface area contributed by atoms with Crippen molar-refractivity contribution in [2.45, 2.75) is 12.5 Å². The molecule has 0 aliphatic rings. The van der Waals surface area contributed by atoms with E-state index in [0.29, 0.717) is 0 Å². The Morgan fingerprint density at radius 2 is 2.13 bits per heavy atom. The largest absolute Gasteiger partial charge is 0.469 e. The molecule has 0 saturated heterocycles. The first-order chi connectivity index (χ1) is 7.22. The fraction of sp³-hybridized carbons (Fsp3) is 0.250. The molecule has 1 atom stereocenters. The highest BCUT2D eigenvalue weighted by atomic mass is 16.5.